The van der Waals surface area contributed by atoms with Crippen molar-refractivity contribution < 1.29 is 4.79 Å². The maximum atomic E-state index is 11.9. The number of thiazole rings is 1. The summed E-state index contributed by atoms with van der Waals surface area (Å²) in [5.74, 6) is 0.120. The summed E-state index contributed by atoms with van der Waals surface area (Å²) in [6.07, 6.45) is 1.43. The van der Waals surface area contributed by atoms with Gasteiger partial charge >= 0.3 is 0 Å². The third-order valence-corrected chi connectivity index (χ3v) is 2.76. The Morgan fingerprint density at radius 3 is 3.06 bits per heavy atom. The number of carbonyl (C=O) groups excluding carboxylic acids is 1. The lowest BCUT2D eigenvalue weighted by atomic mass is 10.3. The first-order valence-electron chi connectivity index (χ1n) is 4.60. The molecule has 0 aliphatic rings. The van der Waals surface area contributed by atoms with Crippen LogP contribution >= 0.6 is 11.3 Å². The first-order chi connectivity index (χ1) is 7.68. The zero-order chi connectivity index (χ0) is 11.5. The van der Waals surface area contributed by atoms with Crippen LogP contribution in [0.5, 0.6) is 0 Å². The van der Waals surface area contributed by atoms with Gasteiger partial charge in [-0.1, -0.05) is 0 Å². The van der Waals surface area contributed by atoms with Crippen LogP contribution in [0.15, 0.2) is 17.1 Å². The number of amides is 1. The van der Waals surface area contributed by atoms with E-state index in [1.165, 1.54) is 17.5 Å². The summed E-state index contributed by atoms with van der Waals surface area (Å²) in [5.41, 5.74) is 8.56. The van der Waals surface area contributed by atoms with Gasteiger partial charge < -0.3 is 10.6 Å². The predicted molar refractivity (Wildman–Crippen MR) is 60.9 cm³/mol. The highest BCUT2D eigenvalue weighted by Gasteiger charge is 2.16. The second-order valence-corrected chi connectivity index (χ2v) is 4.06. The van der Waals surface area contributed by atoms with Crippen LogP contribution in [0.25, 0.3) is 0 Å². The fraction of sp³-hybridized carbons (Fsp3) is 0.222. The fourth-order valence-electron chi connectivity index (χ4n) is 1.30. The number of anilines is 1. The molecule has 0 fully saturated rings. The van der Waals surface area contributed by atoms with E-state index in [1.807, 2.05) is 5.38 Å². The molecular formula is C9H11N5OS. The average molecular weight is 237 g/mol. The van der Waals surface area contributed by atoms with E-state index in [9.17, 15) is 4.79 Å². The maximum absolute atomic E-state index is 11.9. The number of H-pyrrole nitrogens is 1. The Balaban J connectivity index is 2.08. The normalized spacial score (nSPS) is 10.3. The second-order valence-electron chi connectivity index (χ2n) is 3.34. The van der Waals surface area contributed by atoms with E-state index >= 15 is 0 Å². The predicted octanol–water partition coefficient (Wildman–Crippen LogP) is 0.721. The third kappa shape index (κ3) is 2.03. The Hall–Kier alpha value is -1.89. The molecule has 6 nitrogen and oxygen atoms in total. The highest BCUT2D eigenvalue weighted by Crippen LogP contribution is 2.11. The van der Waals surface area contributed by atoms with Gasteiger partial charge in [-0.2, -0.15) is 5.10 Å². The standard InChI is InChI=1S/C9H11N5OS/c1-14(3-6-4-16-5-11-6)9(15)7-2-12-13-8(7)10/h2,4-5H,3H2,1H3,(H3,10,12,13). The number of hydrogen-bond donors (Lipinski definition) is 2. The number of nitrogen functional groups attached to an aromatic ring is 1. The summed E-state index contributed by atoms with van der Waals surface area (Å²) in [4.78, 5) is 17.6. The zero-order valence-corrected chi connectivity index (χ0v) is 9.49. The molecule has 0 spiro atoms. The van der Waals surface area contributed by atoms with Gasteiger partial charge in [-0.25, -0.2) is 4.98 Å². The van der Waals surface area contributed by atoms with Crippen LogP contribution in [0.2, 0.25) is 0 Å². The molecule has 3 N–H and O–H groups in total. The molecule has 0 saturated heterocycles. The van der Waals surface area contributed by atoms with Crippen LogP contribution in [0, 0.1) is 0 Å². The summed E-state index contributed by atoms with van der Waals surface area (Å²) >= 11 is 1.50. The molecule has 0 saturated carbocycles. The van der Waals surface area contributed by atoms with E-state index in [4.69, 9.17) is 5.73 Å². The molecule has 84 valence electrons. The highest BCUT2D eigenvalue weighted by molar-refractivity contribution is 7.07. The topological polar surface area (TPSA) is 87.9 Å². The second kappa shape index (κ2) is 4.31. The summed E-state index contributed by atoms with van der Waals surface area (Å²) in [6.45, 7) is 0.465. The molecule has 16 heavy (non-hydrogen) atoms. The zero-order valence-electron chi connectivity index (χ0n) is 8.67. The number of aromatic nitrogens is 3. The molecule has 0 radical (unpaired) electrons. The highest BCUT2D eigenvalue weighted by atomic mass is 32.1. The smallest absolute Gasteiger partial charge is 0.259 e. The van der Waals surface area contributed by atoms with Gasteiger partial charge in [0.1, 0.15) is 11.4 Å². The molecule has 2 aromatic heterocycles. The molecule has 2 heterocycles. The van der Waals surface area contributed by atoms with Gasteiger partial charge in [0.2, 0.25) is 0 Å². The van der Waals surface area contributed by atoms with Crippen LogP contribution in [0.3, 0.4) is 0 Å². The SMILES string of the molecule is CN(Cc1cscn1)C(=O)c1cn[nH]c1N. The first-order valence-corrected chi connectivity index (χ1v) is 5.54. The average Bonchev–Trinajstić information content (AvgIpc) is 2.88. The Kier molecular flexibility index (Phi) is 2.86. The Morgan fingerprint density at radius 2 is 2.50 bits per heavy atom. The number of aromatic amines is 1. The molecule has 0 unspecified atom stereocenters. The first kappa shape index (κ1) is 10.6. The van der Waals surface area contributed by atoms with Crippen molar-refractivity contribution in [3.05, 3.63) is 28.3 Å². The van der Waals surface area contributed by atoms with E-state index in [-0.39, 0.29) is 11.7 Å². The molecule has 1 amide bonds. The fourth-order valence-corrected chi connectivity index (χ4v) is 1.85. The quantitative estimate of drug-likeness (QED) is 0.823. The van der Waals surface area contributed by atoms with Gasteiger partial charge in [0.05, 0.1) is 23.9 Å². The van der Waals surface area contributed by atoms with E-state index in [0.717, 1.165) is 5.69 Å². The molecule has 0 aromatic carbocycles. The van der Waals surface area contributed by atoms with Gasteiger partial charge in [-0.15, -0.1) is 11.3 Å². The van der Waals surface area contributed by atoms with Crippen LogP contribution in [0.4, 0.5) is 5.82 Å². The number of carbonyl (C=O) groups is 1. The van der Waals surface area contributed by atoms with Crippen molar-refractivity contribution in [2.45, 2.75) is 6.54 Å². The van der Waals surface area contributed by atoms with Crippen molar-refractivity contribution in [1.29, 1.82) is 0 Å². The lowest BCUT2D eigenvalue weighted by Gasteiger charge is -2.14. The largest absolute Gasteiger partial charge is 0.383 e. The molecule has 2 rings (SSSR count). The van der Waals surface area contributed by atoms with Gasteiger partial charge in [0.15, 0.2) is 0 Å². The Morgan fingerprint density at radius 1 is 1.69 bits per heavy atom. The van der Waals surface area contributed by atoms with Gasteiger partial charge in [-0.3, -0.25) is 9.89 Å². The minimum Gasteiger partial charge on any atom is -0.383 e. The van der Waals surface area contributed by atoms with Crippen LogP contribution in [-0.2, 0) is 6.54 Å². The van der Waals surface area contributed by atoms with E-state index in [1.54, 1.807) is 17.5 Å². The molecule has 0 atom stereocenters. The summed E-state index contributed by atoms with van der Waals surface area (Å²) < 4.78 is 0. The third-order valence-electron chi connectivity index (χ3n) is 2.13. The molecule has 0 bridgehead atoms. The van der Waals surface area contributed by atoms with E-state index < -0.39 is 0 Å². The molecule has 7 heteroatoms. The van der Waals surface area contributed by atoms with Crippen LogP contribution in [0.1, 0.15) is 16.1 Å². The van der Waals surface area contributed by atoms with E-state index in [2.05, 4.69) is 15.2 Å². The molecular weight excluding hydrogens is 226 g/mol. The molecule has 0 aliphatic heterocycles. The van der Waals surface area contributed by atoms with Gasteiger partial charge in [-0.05, 0) is 0 Å². The number of nitrogens with one attached hydrogen (secondary N) is 1. The minimum atomic E-state index is -0.167. The Bertz CT molecular complexity index is 478. The van der Waals surface area contributed by atoms with Crippen molar-refractivity contribution >= 4 is 23.1 Å². The number of nitrogens with zero attached hydrogens (tertiary/aromatic N) is 3. The lowest BCUT2D eigenvalue weighted by Crippen LogP contribution is -2.26. The number of hydrogen-bond acceptors (Lipinski definition) is 5. The number of nitrogens with two attached hydrogens (primary N) is 1. The van der Waals surface area contributed by atoms with E-state index in [0.29, 0.717) is 12.1 Å². The van der Waals surface area contributed by atoms with Crippen LogP contribution in [-0.4, -0.2) is 33.0 Å². The maximum Gasteiger partial charge on any atom is 0.259 e. The summed E-state index contributed by atoms with van der Waals surface area (Å²) in [7, 11) is 1.70. The van der Waals surface area contributed by atoms with Gasteiger partial charge in [0, 0.05) is 12.4 Å². The molecule has 0 aliphatic carbocycles. The number of rotatable bonds is 3. The van der Waals surface area contributed by atoms with Crippen molar-refractivity contribution in [3.8, 4) is 0 Å². The Labute approximate surface area is 96.1 Å². The van der Waals surface area contributed by atoms with Gasteiger partial charge in [0.25, 0.3) is 5.91 Å². The minimum absolute atomic E-state index is 0.167. The molecule has 2 aromatic rings. The van der Waals surface area contributed by atoms with Crippen molar-refractivity contribution in [2.24, 2.45) is 0 Å². The summed E-state index contributed by atoms with van der Waals surface area (Å²) in [6, 6.07) is 0. The van der Waals surface area contributed by atoms with Crippen molar-refractivity contribution in [1.82, 2.24) is 20.1 Å². The van der Waals surface area contributed by atoms with Crippen molar-refractivity contribution in [2.75, 3.05) is 12.8 Å². The monoisotopic (exact) mass is 237 g/mol. The van der Waals surface area contributed by atoms with Crippen molar-refractivity contribution in [3.63, 3.8) is 0 Å². The summed E-state index contributed by atoms with van der Waals surface area (Å²) in [5, 5.41) is 8.15. The van der Waals surface area contributed by atoms with Crippen LogP contribution < -0.4 is 5.73 Å². The lowest BCUT2D eigenvalue weighted by molar-refractivity contribution is 0.0785.